The number of hydrogen-bond acceptors (Lipinski definition) is 3. The predicted octanol–water partition coefficient (Wildman–Crippen LogP) is 2.47. The zero-order chi connectivity index (χ0) is 17.1. The SMILES string of the molecule is Cc1cc(C)n(-c2ccc(C(=O)N(C)CCC(C)O)cc2F)n1. The van der Waals surface area contributed by atoms with E-state index in [1.165, 1.54) is 15.6 Å². The maximum atomic E-state index is 14.4. The maximum Gasteiger partial charge on any atom is 0.253 e. The predicted molar refractivity (Wildman–Crippen MR) is 86.3 cm³/mol. The molecule has 0 spiro atoms. The van der Waals surface area contributed by atoms with Crippen LogP contribution in [0.4, 0.5) is 4.39 Å². The van der Waals surface area contributed by atoms with Gasteiger partial charge in [0.1, 0.15) is 11.5 Å². The maximum absolute atomic E-state index is 14.4. The Morgan fingerprint density at radius 1 is 1.39 bits per heavy atom. The quantitative estimate of drug-likeness (QED) is 0.921. The highest BCUT2D eigenvalue weighted by molar-refractivity contribution is 5.94. The Labute approximate surface area is 135 Å². The number of carbonyl (C=O) groups is 1. The summed E-state index contributed by atoms with van der Waals surface area (Å²) in [5, 5.41) is 13.5. The van der Waals surface area contributed by atoms with Crippen molar-refractivity contribution in [3.8, 4) is 5.69 Å². The molecular formula is C17H22FN3O2. The number of rotatable bonds is 5. The van der Waals surface area contributed by atoms with E-state index in [9.17, 15) is 14.3 Å². The lowest BCUT2D eigenvalue weighted by atomic mass is 10.1. The van der Waals surface area contributed by atoms with Crippen molar-refractivity contribution < 1.29 is 14.3 Å². The third kappa shape index (κ3) is 3.96. The molecule has 0 radical (unpaired) electrons. The van der Waals surface area contributed by atoms with Gasteiger partial charge in [-0.3, -0.25) is 4.79 Å². The first-order chi connectivity index (χ1) is 10.8. The van der Waals surface area contributed by atoms with Gasteiger partial charge < -0.3 is 10.0 Å². The van der Waals surface area contributed by atoms with E-state index < -0.39 is 11.9 Å². The largest absolute Gasteiger partial charge is 0.393 e. The summed E-state index contributed by atoms with van der Waals surface area (Å²) in [4.78, 5) is 13.8. The molecule has 1 heterocycles. The van der Waals surface area contributed by atoms with Crippen LogP contribution in [0.15, 0.2) is 24.3 Å². The molecule has 0 fully saturated rings. The lowest BCUT2D eigenvalue weighted by Crippen LogP contribution is -2.29. The highest BCUT2D eigenvalue weighted by Gasteiger charge is 2.16. The second-order valence-corrected chi connectivity index (χ2v) is 5.87. The molecule has 5 nitrogen and oxygen atoms in total. The summed E-state index contributed by atoms with van der Waals surface area (Å²) in [6.07, 6.45) is 0.00423. The summed E-state index contributed by atoms with van der Waals surface area (Å²) in [6.45, 7) is 5.78. The van der Waals surface area contributed by atoms with Gasteiger partial charge in [-0.05, 0) is 51.5 Å². The molecule has 124 valence electrons. The lowest BCUT2D eigenvalue weighted by Gasteiger charge is -2.18. The van der Waals surface area contributed by atoms with Crippen LogP contribution in [-0.2, 0) is 0 Å². The van der Waals surface area contributed by atoms with Gasteiger partial charge in [0.15, 0.2) is 0 Å². The zero-order valence-electron chi connectivity index (χ0n) is 13.9. The topological polar surface area (TPSA) is 58.4 Å². The Hall–Kier alpha value is -2.21. The van der Waals surface area contributed by atoms with Crippen molar-refractivity contribution in [1.29, 1.82) is 0 Å². The molecule has 2 rings (SSSR count). The number of nitrogens with zero attached hydrogens (tertiary/aromatic N) is 3. The van der Waals surface area contributed by atoms with Crippen molar-refractivity contribution in [2.75, 3.05) is 13.6 Å². The van der Waals surface area contributed by atoms with Gasteiger partial charge in [0.05, 0.1) is 11.8 Å². The van der Waals surface area contributed by atoms with Crippen molar-refractivity contribution in [3.63, 3.8) is 0 Å². The fourth-order valence-corrected chi connectivity index (χ4v) is 2.39. The Balaban J connectivity index is 2.22. The first kappa shape index (κ1) is 17.1. The second-order valence-electron chi connectivity index (χ2n) is 5.87. The zero-order valence-corrected chi connectivity index (χ0v) is 13.9. The summed E-state index contributed by atoms with van der Waals surface area (Å²) >= 11 is 0. The van der Waals surface area contributed by atoms with Gasteiger partial charge in [-0.25, -0.2) is 9.07 Å². The number of hydrogen-bond donors (Lipinski definition) is 1. The van der Waals surface area contributed by atoms with Crippen molar-refractivity contribution in [1.82, 2.24) is 14.7 Å². The van der Waals surface area contributed by atoms with Crippen molar-refractivity contribution in [2.45, 2.75) is 33.3 Å². The fraction of sp³-hybridized carbons (Fsp3) is 0.412. The van der Waals surface area contributed by atoms with Crippen LogP contribution in [-0.4, -0.2) is 45.4 Å². The minimum absolute atomic E-state index is 0.274. The number of aliphatic hydroxyl groups is 1. The van der Waals surface area contributed by atoms with Crippen LogP contribution < -0.4 is 0 Å². The van der Waals surface area contributed by atoms with Crippen LogP contribution in [0.2, 0.25) is 0 Å². The van der Waals surface area contributed by atoms with Crippen LogP contribution >= 0.6 is 0 Å². The van der Waals surface area contributed by atoms with E-state index in [4.69, 9.17) is 0 Å². The van der Waals surface area contributed by atoms with Crippen LogP contribution in [0.1, 0.15) is 35.1 Å². The molecule has 2 aromatic rings. The van der Waals surface area contributed by atoms with Gasteiger partial charge in [-0.1, -0.05) is 0 Å². The van der Waals surface area contributed by atoms with E-state index >= 15 is 0 Å². The first-order valence-corrected chi connectivity index (χ1v) is 7.56. The van der Waals surface area contributed by atoms with Gasteiger partial charge in [0.2, 0.25) is 0 Å². The minimum atomic E-state index is -0.494. The first-order valence-electron chi connectivity index (χ1n) is 7.56. The van der Waals surface area contributed by atoms with Crippen LogP contribution in [0, 0.1) is 19.7 Å². The number of benzene rings is 1. The molecule has 0 bridgehead atoms. The van der Waals surface area contributed by atoms with Crippen LogP contribution in [0.25, 0.3) is 5.69 Å². The Morgan fingerprint density at radius 2 is 2.09 bits per heavy atom. The molecule has 1 unspecified atom stereocenters. The van der Waals surface area contributed by atoms with E-state index in [-0.39, 0.29) is 11.5 Å². The Kier molecular flexibility index (Phi) is 5.15. The second kappa shape index (κ2) is 6.91. The summed E-state index contributed by atoms with van der Waals surface area (Å²) in [5.41, 5.74) is 2.23. The summed E-state index contributed by atoms with van der Waals surface area (Å²) in [6, 6.07) is 6.25. The highest BCUT2D eigenvalue weighted by Crippen LogP contribution is 2.18. The monoisotopic (exact) mass is 319 g/mol. The third-order valence-corrected chi connectivity index (χ3v) is 3.66. The minimum Gasteiger partial charge on any atom is -0.393 e. The molecule has 1 aromatic carbocycles. The number of aromatic nitrogens is 2. The molecule has 23 heavy (non-hydrogen) atoms. The Bertz CT molecular complexity index is 710. The lowest BCUT2D eigenvalue weighted by molar-refractivity contribution is 0.0768. The highest BCUT2D eigenvalue weighted by atomic mass is 19.1. The molecule has 0 saturated carbocycles. The van der Waals surface area contributed by atoms with Crippen LogP contribution in [0.5, 0.6) is 0 Å². The standard InChI is InChI=1S/C17H22FN3O2/c1-11-9-12(2)21(19-11)16-6-5-14(10-15(16)18)17(23)20(4)8-7-13(3)22/h5-6,9-10,13,22H,7-8H2,1-4H3. The van der Waals surface area contributed by atoms with E-state index in [1.54, 1.807) is 26.1 Å². The molecule has 0 aliphatic heterocycles. The molecule has 0 saturated heterocycles. The Morgan fingerprint density at radius 3 is 2.61 bits per heavy atom. The van der Waals surface area contributed by atoms with Crippen molar-refractivity contribution in [2.24, 2.45) is 0 Å². The molecule has 1 atom stereocenters. The molecule has 1 N–H and O–H groups in total. The van der Waals surface area contributed by atoms with E-state index in [1.807, 2.05) is 19.9 Å². The van der Waals surface area contributed by atoms with Gasteiger partial charge in [0.25, 0.3) is 5.91 Å². The third-order valence-electron chi connectivity index (χ3n) is 3.66. The summed E-state index contributed by atoms with van der Waals surface area (Å²) < 4.78 is 15.9. The molecule has 1 aromatic heterocycles. The average molecular weight is 319 g/mol. The average Bonchev–Trinajstić information content (AvgIpc) is 2.82. The van der Waals surface area contributed by atoms with Gasteiger partial charge in [-0.2, -0.15) is 5.10 Å². The molecule has 6 heteroatoms. The number of carbonyl (C=O) groups excluding carboxylic acids is 1. The fourth-order valence-electron chi connectivity index (χ4n) is 2.39. The van der Waals surface area contributed by atoms with Crippen molar-refractivity contribution in [3.05, 3.63) is 47.0 Å². The number of halogens is 1. The smallest absolute Gasteiger partial charge is 0.253 e. The normalized spacial score (nSPS) is 12.3. The van der Waals surface area contributed by atoms with Crippen LogP contribution in [0.3, 0.4) is 0 Å². The molecule has 0 aliphatic rings. The van der Waals surface area contributed by atoms with Gasteiger partial charge in [0, 0.05) is 24.8 Å². The van der Waals surface area contributed by atoms with Crippen molar-refractivity contribution >= 4 is 5.91 Å². The molecular weight excluding hydrogens is 297 g/mol. The van der Waals surface area contributed by atoms with Gasteiger partial charge >= 0.3 is 0 Å². The number of aryl methyl sites for hydroxylation is 2. The number of aliphatic hydroxyl groups excluding tert-OH is 1. The molecule has 0 aliphatic carbocycles. The van der Waals surface area contributed by atoms with E-state index in [0.29, 0.717) is 18.7 Å². The number of amides is 1. The van der Waals surface area contributed by atoms with E-state index in [2.05, 4.69) is 5.10 Å². The van der Waals surface area contributed by atoms with Gasteiger partial charge in [-0.15, -0.1) is 0 Å². The molecule has 1 amide bonds. The van der Waals surface area contributed by atoms with E-state index in [0.717, 1.165) is 11.4 Å². The summed E-state index contributed by atoms with van der Waals surface area (Å²) in [7, 11) is 1.64. The summed E-state index contributed by atoms with van der Waals surface area (Å²) in [5.74, 6) is -0.768.